The third kappa shape index (κ3) is 2.43. The van der Waals surface area contributed by atoms with Gasteiger partial charge in [-0.1, -0.05) is 48.5 Å². The second kappa shape index (κ2) is 5.46. The van der Waals surface area contributed by atoms with Gasteiger partial charge in [-0.25, -0.2) is 0 Å². The maximum absolute atomic E-state index is 2.66. The Morgan fingerprint density at radius 1 is 0.909 bits per heavy atom. The van der Waals surface area contributed by atoms with Crippen LogP contribution in [0.25, 0.3) is 0 Å². The zero-order valence-electron chi connectivity index (χ0n) is 14.4. The summed E-state index contributed by atoms with van der Waals surface area (Å²) in [7, 11) is 0. The van der Waals surface area contributed by atoms with Gasteiger partial charge in [-0.2, -0.15) is 0 Å². The van der Waals surface area contributed by atoms with Crippen LogP contribution < -0.4 is 4.90 Å². The van der Waals surface area contributed by atoms with E-state index in [2.05, 4.69) is 88.0 Å². The molecule has 0 spiro atoms. The molecule has 2 atom stereocenters. The zero-order chi connectivity index (χ0) is 15.9. The molecule has 0 aliphatic carbocycles. The summed E-state index contributed by atoms with van der Waals surface area (Å²) < 4.78 is 0. The van der Waals surface area contributed by atoms with Crippen molar-refractivity contribution in [2.24, 2.45) is 0 Å². The average Bonchev–Trinajstić information content (AvgIpc) is 2.71. The molecule has 1 heterocycles. The van der Waals surface area contributed by atoms with E-state index in [1.165, 1.54) is 28.8 Å². The number of aryl methyl sites for hydroxylation is 2. The van der Waals surface area contributed by atoms with Crippen molar-refractivity contribution in [2.75, 3.05) is 4.90 Å². The summed E-state index contributed by atoms with van der Waals surface area (Å²) in [5.74, 6) is 0.593. The molecule has 0 radical (unpaired) electrons. The lowest BCUT2D eigenvalue weighted by Gasteiger charge is -2.39. The second-order valence-electron chi connectivity index (χ2n) is 7.38. The number of anilines is 1. The molecule has 1 nitrogen and oxygen atoms in total. The first-order chi connectivity index (χ1) is 10.4. The van der Waals surface area contributed by atoms with Gasteiger partial charge in [0.2, 0.25) is 0 Å². The van der Waals surface area contributed by atoms with Crippen LogP contribution in [0.5, 0.6) is 0 Å². The molecule has 1 saturated heterocycles. The highest BCUT2D eigenvalue weighted by atomic mass is 15.3. The van der Waals surface area contributed by atoms with Crippen molar-refractivity contribution >= 4 is 5.69 Å². The van der Waals surface area contributed by atoms with Gasteiger partial charge in [-0.15, -0.1) is 0 Å². The predicted octanol–water partition coefficient (Wildman–Crippen LogP) is 5.46. The molecule has 1 fully saturated rings. The van der Waals surface area contributed by atoms with Crippen LogP contribution in [-0.4, -0.2) is 11.6 Å². The predicted molar refractivity (Wildman–Crippen MR) is 95.7 cm³/mol. The van der Waals surface area contributed by atoms with E-state index in [9.17, 15) is 0 Å². The van der Waals surface area contributed by atoms with Gasteiger partial charge in [0, 0.05) is 23.2 Å². The van der Waals surface area contributed by atoms with Crippen molar-refractivity contribution < 1.29 is 0 Å². The van der Waals surface area contributed by atoms with Crippen LogP contribution in [0, 0.1) is 13.8 Å². The largest absolute Gasteiger partial charge is 0.363 e. The number of para-hydroxylation sites is 1. The van der Waals surface area contributed by atoms with Crippen LogP contribution in [-0.2, 0) is 0 Å². The molecule has 0 saturated carbocycles. The first kappa shape index (κ1) is 15.1. The number of nitrogens with zero attached hydrogens (tertiary/aromatic N) is 1. The maximum Gasteiger partial charge on any atom is 0.0432 e. The topological polar surface area (TPSA) is 3.24 Å². The molecule has 1 aliphatic rings. The minimum atomic E-state index is 0.177. The van der Waals surface area contributed by atoms with Gasteiger partial charge in [0.15, 0.2) is 0 Å². The van der Waals surface area contributed by atoms with Gasteiger partial charge in [0.1, 0.15) is 0 Å². The van der Waals surface area contributed by atoms with Crippen molar-refractivity contribution in [2.45, 2.75) is 58.5 Å². The Morgan fingerprint density at radius 2 is 1.50 bits per heavy atom. The number of hydrogen-bond acceptors (Lipinski definition) is 1. The highest BCUT2D eigenvalue weighted by molar-refractivity contribution is 5.63. The SMILES string of the molecule is Cc1cccc(C)c1N1[C@@H](C)C(c2ccccc2)CC1(C)C. The van der Waals surface area contributed by atoms with E-state index in [-0.39, 0.29) is 5.54 Å². The normalized spacial score (nSPS) is 23.8. The quantitative estimate of drug-likeness (QED) is 0.710. The number of hydrogen-bond donors (Lipinski definition) is 0. The molecule has 3 rings (SSSR count). The van der Waals surface area contributed by atoms with Gasteiger partial charge in [0.05, 0.1) is 0 Å². The van der Waals surface area contributed by atoms with Crippen molar-refractivity contribution in [1.29, 1.82) is 0 Å². The van der Waals surface area contributed by atoms with Gasteiger partial charge in [-0.05, 0) is 57.7 Å². The van der Waals surface area contributed by atoms with Crippen LogP contribution in [0.4, 0.5) is 5.69 Å². The van der Waals surface area contributed by atoms with Crippen molar-refractivity contribution in [3.63, 3.8) is 0 Å². The Morgan fingerprint density at radius 3 is 2.09 bits per heavy atom. The van der Waals surface area contributed by atoms with E-state index >= 15 is 0 Å². The van der Waals surface area contributed by atoms with Crippen molar-refractivity contribution in [1.82, 2.24) is 0 Å². The fourth-order valence-electron chi connectivity index (χ4n) is 4.33. The van der Waals surface area contributed by atoms with E-state index in [0.717, 1.165) is 0 Å². The highest BCUT2D eigenvalue weighted by Crippen LogP contribution is 2.47. The molecule has 0 aromatic heterocycles. The van der Waals surface area contributed by atoms with Crippen LogP contribution in [0.1, 0.15) is 49.8 Å². The molecular weight excluding hydrogens is 266 g/mol. The minimum absolute atomic E-state index is 0.177. The molecule has 1 unspecified atom stereocenters. The third-order valence-electron chi connectivity index (χ3n) is 5.27. The summed E-state index contributed by atoms with van der Waals surface area (Å²) in [4.78, 5) is 2.66. The molecular formula is C21H27N. The van der Waals surface area contributed by atoms with Gasteiger partial charge in [0.25, 0.3) is 0 Å². The van der Waals surface area contributed by atoms with Gasteiger partial charge < -0.3 is 4.90 Å². The highest BCUT2D eigenvalue weighted by Gasteiger charge is 2.45. The summed E-state index contributed by atoms with van der Waals surface area (Å²) in [6.07, 6.45) is 1.20. The van der Waals surface area contributed by atoms with E-state index in [4.69, 9.17) is 0 Å². The smallest absolute Gasteiger partial charge is 0.0432 e. The number of benzene rings is 2. The summed E-state index contributed by atoms with van der Waals surface area (Å²) in [6, 6.07) is 18.2. The molecule has 2 aromatic rings. The fraction of sp³-hybridized carbons (Fsp3) is 0.429. The Balaban J connectivity index is 2.05. The Kier molecular flexibility index (Phi) is 3.76. The second-order valence-corrected chi connectivity index (χ2v) is 7.38. The van der Waals surface area contributed by atoms with Crippen LogP contribution in [0.2, 0.25) is 0 Å². The molecule has 2 aromatic carbocycles. The van der Waals surface area contributed by atoms with Crippen LogP contribution in [0.3, 0.4) is 0 Å². The van der Waals surface area contributed by atoms with Gasteiger partial charge in [-0.3, -0.25) is 0 Å². The summed E-state index contributed by atoms with van der Waals surface area (Å²) in [6.45, 7) is 11.6. The molecule has 0 bridgehead atoms. The molecule has 0 N–H and O–H groups in total. The van der Waals surface area contributed by atoms with Crippen molar-refractivity contribution in [3.05, 3.63) is 65.2 Å². The molecule has 1 aliphatic heterocycles. The molecule has 116 valence electrons. The molecule has 0 amide bonds. The Bertz CT molecular complexity index is 637. The summed E-state index contributed by atoms with van der Waals surface area (Å²) in [5, 5.41) is 0. The number of rotatable bonds is 2. The van der Waals surface area contributed by atoms with E-state index in [1.807, 2.05) is 0 Å². The standard InChI is InChI=1S/C21H27N/c1-15-10-9-11-16(2)20(15)22-17(3)19(14-21(22,4)5)18-12-7-6-8-13-18/h6-13,17,19H,14H2,1-5H3/t17-,19?/m0/s1. The summed E-state index contributed by atoms with van der Waals surface area (Å²) in [5.41, 5.74) is 5.84. The lowest BCUT2D eigenvalue weighted by atomic mass is 9.88. The minimum Gasteiger partial charge on any atom is -0.363 e. The first-order valence-corrected chi connectivity index (χ1v) is 8.32. The fourth-order valence-corrected chi connectivity index (χ4v) is 4.33. The maximum atomic E-state index is 2.66. The Labute approximate surface area is 135 Å². The van der Waals surface area contributed by atoms with E-state index in [1.54, 1.807) is 0 Å². The Hall–Kier alpha value is -1.76. The monoisotopic (exact) mass is 293 g/mol. The van der Waals surface area contributed by atoms with E-state index < -0.39 is 0 Å². The first-order valence-electron chi connectivity index (χ1n) is 8.32. The van der Waals surface area contributed by atoms with Crippen LogP contribution in [0.15, 0.2) is 48.5 Å². The molecule has 1 heteroatoms. The lowest BCUT2D eigenvalue weighted by Crippen LogP contribution is -2.43. The van der Waals surface area contributed by atoms with Gasteiger partial charge >= 0.3 is 0 Å². The van der Waals surface area contributed by atoms with Crippen LogP contribution >= 0.6 is 0 Å². The van der Waals surface area contributed by atoms with E-state index in [0.29, 0.717) is 12.0 Å². The average molecular weight is 293 g/mol. The molecule has 22 heavy (non-hydrogen) atoms. The zero-order valence-corrected chi connectivity index (χ0v) is 14.4. The van der Waals surface area contributed by atoms with Crippen molar-refractivity contribution in [3.8, 4) is 0 Å². The summed E-state index contributed by atoms with van der Waals surface area (Å²) >= 11 is 0. The third-order valence-corrected chi connectivity index (χ3v) is 5.27. The lowest BCUT2D eigenvalue weighted by molar-refractivity contribution is 0.501.